The quantitative estimate of drug-likeness (QED) is 0.807. The molecule has 0 saturated carbocycles. The van der Waals surface area contributed by atoms with Crippen LogP contribution in [-0.2, 0) is 5.41 Å². The van der Waals surface area contributed by atoms with E-state index in [1.54, 1.807) is 18.2 Å². The Balaban J connectivity index is 3.15. The average molecular weight is 226 g/mol. The fraction of sp³-hybridized carbons (Fsp3) is 0.538. The first-order valence-corrected chi connectivity index (χ1v) is 5.52. The molecule has 1 aromatic carbocycles. The van der Waals surface area contributed by atoms with Crippen molar-refractivity contribution in [1.29, 1.82) is 0 Å². The Morgan fingerprint density at radius 2 is 1.75 bits per heavy atom. The molecule has 1 aromatic rings. The molecule has 0 amide bonds. The highest BCUT2D eigenvalue weighted by Gasteiger charge is 2.34. The zero-order valence-electron chi connectivity index (χ0n) is 9.78. The largest absolute Gasteiger partial charge is 0.395 e. The second-order valence-electron chi connectivity index (χ2n) is 4.67. The Labute approximate surface area is 95.7 Å². The Hall–Kier alpha value is -0.930. The van der Waals surface area contributed by atoms with E-state index < -0.39 is 5.41 Å². The molecule has 0 fully saturated rings. The van der Waals surface area contributed by atoms with Crippen molar-refractivity contribution >= 4 is 0 Å². The van der Waals surface area contributed by atoms with E-state index in [0.29, 0.717) is 12.0 Å². The summed E-state index contributed by atoms with van der Waals surface area (Å²) in [6.45, 7) is 3.48. The van der Waals surface area contributed by atoms with Crippen molar-refractivity contribution in [3.05, 3.63) is 35.6 Å². The predicted molar refractivity (Wildman–Crippen MR) is 61.7 cm³/mol. The number of rotatable bonds is 5. The van der Waals surface area contributed by atoms with E-state index in [9.17, 15) is 14.6 Å². The Morgan fingerprint density at radius 3 is 2.19 bits per heavy atom. The third-order valence-electron chi connectivity index (χ3n) is 2.85. The van der Waals surface area contributed by atoms with Crippen molar-refractivity contribution in [3.63, 3.8) is 0 Å². The molecule has 16 heavy (non-hydrogen) atoms. The van der Waals surface area contributed by atoms with Gasteiger partial charge in [-0.3, -0.25) is 0 Å². The predicted octanol–water partition coefficient (Wildman–Crippen LogP) is 2.09. The van der Waals surface area contributed by atoms with Gasteiger partial charge in [-0.25, -0.2) is 4.39 Å². The summed E-state index contributed by atoms with van der Waals surface area (Å²) in [6.07, 6.45) is 0.556. The number of halogens is 1. The summed E-state index contributed by atoms with van der Waals surface area (Å²) >= 11 is 0. The van der Waals surface area contributed by atoms with Gasteiger partial charge < -0.3 is 10.2 Å². The fourth-order valence-corrected chi connectivity index (χ4v) is 2.13. The first-order chi connectivity index (χ1) is 7.55. The van der Waals surface area contributed by atoms with Crippen LogP contribution in [0.4, 0.5) is 4.39 Å². The molecule has 90 valence electrons. The van der Waals surface area contributed by atoms with Crippen LogP contribution in [0.15, 0.2) is 24.3 Å². The SMILES string of the molecule is CC(C)CC(CO)(CO)c1ccccc1F. The second-order valence-corrected chi connectivity index (χ2v) is 4.67. The van der Waals surface area contributed by atoms with E-state index in [1.807, 2.05) is 13.8 Å². The molecule has 0 spiro atoms. The van der Waals surface area contributed by atoms with Gasteiger partial charge in [0.2, 0.25) is 0 Å². The average Bonchev–Trinajstić information content (AvgIpc) is 2.26. The van der Waals surface area contributed by atoms with Crippen molar-refractivity contribution < 1.29 is 14.6 Å². The monoisotopic (exact) mass is 226 g/mol. The summed E-state index contributed by atoms with van der Waals surface area (Å²) in [5.74, 6) is -0.0924. The number of benzene rings is 1. The lowest BCUT2D eigenvalue weighted by molar-refractivity contribution is 0.0962. The van der Waals surface area contributed by atoms with Gasteiger partial charge in [0.25, 0.3) is 0 Å². The summed E-state index contributed by atoms with van der Waals surface area (Å²) in [4.78, 5) is 0. The molecule has 0 aromatic heterocycles. The molecule has 0 heterocycles. The van der Waals surface area contributed by atoms with Crippen LogP contribution in [0.1, 0.15) is 25.8 Å². The lowest BCUT2D eigenvalue weighted by atomic mass is 9.75. The van der Waals surface area contributed by atoms with Crippen LogP contribution < -0.4 is 0 Å². The van der Waals surface area contributed by atoms with Gasteiger partial charge in [-0.2, -0.15) is 0 Å². The Kier molecular flexibility index (Phi) is 4.44. The van der Waals surface area contributed by atoms with Gasteiger partial charge in [0, 0.05) is 5.41 Å². The summed E-state index contributed by atoms with van der Waals surface area (Å²) in [5.41, 5.74) is -0.479. The minimum atomic E-state index is -0.875. The van der Waals surface area contributed by atoms with E-state index in [-0.39, 0.29) is 24.9 Å². The second kappa shape index (κ2) is 5.41. The van der Waals surface area contributed by atoms with Crippen molar-refractivity contribution in [2.24, 2.45) is 5.92 Å². The maximum Gasteiger partial charge on any atom is 0.127 e. The lowest BCUT2D eigenvalue weighted by Crippen LogP contribution is -2.37. The van der Waals surface area contributed by atoms with Crippen molar-refractivity contribution in [2.75, 3.05) is 13.2 Å². The Bertz CT molecular complexity index is 332. The maximum absolute atomic E-state index is 13.7. The molecule has 0 radical (unpaired) electrons. The first-order valence-electron chi connectivity index (χ1n) is 5.52. The molecule has 0 aliphatic carbocycles. The molecule has 0 unspecified atom stereocenters. The van der Waals surface area contributed by atoms with Gasteiger partial charge >= 0.3 is 0 Å². The first kappa shape index (κ1) is 13.1. The van der Waals surface area contributed by atoms with Gasteiger partial charge in [-0.15, -0.1) is 0 Å². The topological polar surface area (TPSA) is 40.5 Å². The highest BCUT2D eigenvalue weighted by atomic mass is 19.1. The maximum atomic E-state index is 13.7. The summed E-state index contributed by atoms with van der Waals surface area (Å²) in [5, 5.41) is 19.0. The molecule has 0 bridgehead atoms. The van der Waals surface area contributed by atoms with E-state index in [0.717, 1.165) is 0 Å². The molecule has 0 atom stereocenters. The van der Waals surface area contributed by atoms with Gasteiger partial charge in [0.1, 0.15) is 5.82 Å². The molecular formula is C13H19FO2. The minimum Gasteiger partial charge on any atom is -0.395 e. The van der Waals surface area contributed by atoms with Crippen LogP contribution in [-0.4, -0.2) is 23.4 Å². The lowest BCUT2D eigenvalue weighted by Gasteiger charge is -2.32. The molecule has 2 N–H and O–H groups in total. The number of aliphatic hydroxyl groups excluding tert-OH is 2. The summed E-state index contributed by atoms with van der Waals surface area (Å²) < 4.78 is 13.7. The van der Waals surface area contributed by atoms with Crippen LogP contribution in [0, 0.1) is 11.7 Å². The number of aliphatic hydroxyl groups is 2. The van der Waals surface area contributed by atoms with Crippen LogP contribution in [0.3, 0.4) is 0 Å². The number of hydrogen-bond acceptors (Lipinski definition) is 2. The van der Waals surface area contributed by atoms with E-state index >= 15 is 0 Å². The van der Waals surface area contributed by atoms with E-state index in [4.69, 9.17) is 0 Å². The fourth-order valence-electron chi connectivity index (χ4n) is 2.13. The van der Waals surface area contributed by atoms with E-state index in [1.165, 1.54) is 6.07 Å². The molecule has 0 saturated heterocycles. The van der Waals surface area contributed by atoms with Gasteiger partial charge in [0.05, 0.1) is 13.2 Å². The standard InChI is InChI=1S/C13H19FO2/c1-10(2)7-13(8-15,9-16)11-5-3-4-6-12(11)14/h3-6,10,15-16H,7-9H2,1-2H3. The van der Waals surface area contributed by atoms with Gasteiger partial charge in [-0.05, 0) is 24.0 Å². The highest BCUT2D eigenvalue weighted by Crippen LogP contribution is 2.32. The smallest absolute Gasteiger partial charge is 0.127 e. The van der Waals surface area contributed by atoms with Crippen LogP contribution in [0.5, 0.6) is 0 Å². The van der Waals surface area contributed by atoms with Crippen molar-refractivity contribution in [3.8, 4) is 0 Å². The van der Waals surface area contributed by atoms with Crippen molar-refractivity contribution in [2.45, 2.75) is 25.7 Å². The van der Waals surface area contributed by atoms with Gasteiger partial charge in [0.15, 0.2) is 0 Å². The molecule has 0 aliphatic heterocycles. The molecular weight excluding hydrogens is 207 g/mol. The molecule has 1 rings (SSSR count). The van der Waals surface area contributed by atoms with Gasteiger partial charge in [-0.1, -0.05) is 32.0 Å². The zero-order valence-corrected chi connectivity index (χ0v) is 9.78. The minimum absolute atomic E-state index is 0.247. The Morgan fingerprint density at radius 1 is 1.19 bits per heavy atom. The third-order valence-corrected chi connectivity index (χ3v) is 2.85. The number of hydrogen-bond donors (Lipinski definition) is 2. The molecule has 3 heteroatoms. The molecule has 0 aliphatic rings. The van der Waals surface area contributed by atoms with Crippen LogP contribution in [0.25, 0.3) is 0 Å². The highest BCUT2D eigenvalue weighted by molar-refractivity contribution is 5.27. The normalized spacial score (nSPS) is 12.1. The summed E-state index contributed by atoms with van der Waals surface area (Å²) in [7, 11) is 0. The zero-order chi connectivity index (χ0) is 12.2. The third kappa shape index (κ3) is 2.60. The molecule has 2 nitrogen and oxygen atoms in total. The van der Waals surface area contributed by atoms with Crippen LogP contribution in [0.2, 0.25) is 0 Å². The van der Waals surface area contributed by atoms with Crippen LogP contribution >= 0.6 is 0 Å². The van der Waals surface area contributed by atoms with E-state index in [2.05, 4.69) is 0 Å². The summed E-state index contributed by atoms with van der Waals surface area (Å²) in [6, 6.07) is 6.31. The van der Waals surface area contributed by atoms with Crippen molar-refractivity contribution in [1.82, 2.24) is 0 Å².